The second-order valence-electron chi connectivity index (χ2n) is 5.70. The fourth-order valence-corrected chi connectivity index (χ4v) is 2.48. The minimum absolute atomic E-state index is 0.892. The van der Waals surface area contributed by atoms with Crippen LogP contribution in [0.1, 0.15) is 91.9 Å². The number of hydrogen-bond donors (Lipinski definition) is 0. The summed E-state index contributed by atoms with van der Waals surface area (Å²) in [5, 5.41) is 0. The van der Waals surface area contributed by atoms with Crippen LogP contribution in [0.5, 0.6) is 0 Å². The predicted molar refractivity (Wildman–Crippen MR) is 75.8 cm³/mol. The van der Waals surface area contributed by atoms with Gasteiger partial charge in [-0.05, 0) is 11.8 Å². The second-order valence-corrected chi connectivity index (χ2v) is 5.70. The summed E-state index contributed by atoms with van der Waals surface area (Å²) in [5.74, 6) is 1.89. The molecule has 0 aromatic carbocycles. The SMILES string of the molecule is CCCCCCC(CCCCCC)C(C)C. The van der Waals surface area contributed by atoms with Gasteiger partial charge in [-0.1, -0.05) is 91.9 Å². The lowest BCUT2D eigenvalue weighted by Crippen LogP contribution is -2.08. The molecule has 0 aliphatic carbocycles. The molecule has 0 aromatic heterocycles. The molecule has 0 fully saturated rings. The van der Waals surface area contributed by atoms with Crippen molar-refractivity contribution in [3.8, 4) is 0 Å². The van der Waals surface area contributed by atoms with Crippen LogP contribution in [0, 0.1) is 11.8 Å². The molecular weight excluding hydrogens is 192 g/mol. The van der Waals surface area contributed by atoms with Crippen molar-refractivity contribution in [3.63, 3.8) is 0 Å². The lowest BCUT2D eigenvalue weighted by Gasteiger charge is -2.20. The predicted octanol–water partition coefficient (Wildman–Crippen LogP) is 6.20. The van der Waals surface area contributed by atoms with Gasteiger partial charge in [0.05, 0.1) is 0 Å². The van der Waals surface area contributed by atoms with E-state index < -0.39 is 0 Å². The molecule has 0 saturated carbocycles. The van der Waals surface area contributed by atoms with E-state index in [0.29, 0.717) is 0 Å². The highest BCUT2D eigenvalue weighted by Gasteiger charge is 2.12. The molecule has 0 aromatic rings. The van der Waals surface area contributed by atoms with E-state index in [0.717, 1.165) is 11.8 Å². The topological polar surface area (TPSA) is 0 Å². The third-order valence-electron chi connectivity index (χ3n) is 3.80. The molecule has 98 valence electrons. The minimum Gasteiger partial charge on any atom is -0.0654 e. The first-order valence-corrected chi connectivity index (χ1v) is 7.72. The monoisotopic (exact) mass is 226 g/mol. The Labute approximate surface area is 104 Å². The summed E-state index contributed by atoms with van der Waals surface area (Å²) in [5.41, 5.74) is 0. The molecule has 0 spiro atoms. The number of rotatable bonds is 11. The van der Waals surface area contributed by atoms with Gasteiger partial charge < -0.3 is 0 Å². The van der Waals surface area contributed by atoms with Crippen LogP contribution >= 0.6 is 0 Å². The fourth-order valence-electron chi connectivity index (χ4n) is 2.48. The van der Waals surface area contributed by atoms with Crippen LogP contribution in [-0.4, -0.2) is 0 Å². The molecule has 16 heavy (non-hydrogen) atoms. The number of unbranched alkanes of at least 4 members (excludes halogenated alkanes) is 6. The van der Waals surface area contributed by atoms with Gasteiger partial charge in [-0.2, -0.15) is 0 Å². The van der Waals surface area contributed by atoms with Gasteiger partial charge in [-0.25, -0.2) is 0 Å². The van der Waals surface area contributed by atoms with Gasteiger partial charge in [0.15, 0.2) is 0 Å². The Bertz CT molecular complexity index is 114. The molecule has 0 atom stereocenters. The first-order chi connectivity index (χ1) is 7.72. The van der Waals surface area contributed by atoms with Crippen molar-refractivity contribution in [1.82, 2.24) is 0 Å². The van der Waals surface area contributed by atoms with Crippen LogP contribution in [0.2, 0.25) is 0 Å². The van der Waals surface area contributed by atoms with Crippen LogP contribution in [-0.2, 0) is 0 Å². The normalized spacial score (nSPS) is 11.6. The average Bonchev–Trinajstić information content (AvgIpc) is 2.26. The lowest BCUT2D eigenvalue weighted by molar-refractivity contribution is 0.314. The Kier molecular flexibility index (Phi) is 11.5. The summed E-state index contributed by atoms with van der Waals surface area (Å²) in [4.78, 5) is 0. The summed E-state index contributed by atoms with van der Waals surface area (Å²) in [7, 11) is 0. The van der Waals surface area contributed by atoms with Gasteiger partial charge in [0.1, 0.15) is 0 Å². The Morgan fingerprint density at radius 3 is 1.38 bits per heavy atom. The zero-order valence-corrected chi connectivity index (χ0v) is 12.2. The van der Waals surface area contributed by atoms with Crippen LogP contribution < -0.4 is 0 Å². The molecule has 0 bridgehead atoms. The Hall–Kier alpha value is 0. The molecular formula is C16H34. The largest absolute Gasteiger partial charge is 0.0654 e. The maximum absolute atomic E-state index is 2.41. The average molecular weight is 226 g/mol. The van der Waals surface area contributed by atoms with Gasteiger partial charge in [0.2, 0.25) is 0 Å². The van der Waals surface area contributed by atoms with Crippen molar-refractivity contribution in [2.24, 2.45) is 11.8 Å². The van der Waals surface area contributed by atoms with E-state index in [2.05, 4.69) is 27.7 Å². The Morgan fingerprint density at radius 2 is 1.06 bits per heavy atom. The third-order valence-corrected chi connectivity index (χ3v) is 3.80. The highest BCUT2D eigenvalue weighted by Crippen LogP contribution is 2.25. The Morgan fingerprint density at radius 1 is 0.625 bits per heavy atom. The van der Waals surface area contributed by atoms with Crippen LogP contribution in [0.4, 0.5) is 0 Å². The first-order valence-electron chi connectivity index (χ1n) is 7.72. The summed E-state index contributed by atoms with van der Waals surface area (Å²) in [6.45, 7) is 9.41. The second kappa shape index (κ2) is 11.5. The van der Waals surface area contributed by atoms with E-state index >= 15 is 0 Å². The molecule has 0 unspecified atom stereocenters. The zero-order valence-electron chi connectivity index (χ0n) is 12.2. The van der Waals surface area contributed by atoms with Crippen molar-refractivity contribution in [1.29, 1.82) is 0 Å². The highest BCUT2D eigenvalue weighted by molar-refractivity contribution is 4.64. The van der Waals surface area contributed by atoms with Gasteiger partial charge >= 0.3 is 0 Å². The molecule has 0 aliphatic rings. The van der Waals surface area contributed by atoms with Crippen LogP contribution in [0.3, 0.4) is 0 Å². The maximum Gasteiger partial charge on any atom is -0.0391 e. The van der Waals surface area contributed by atoms with E-state index in [1.165, 1.54) is 64.2 Å². The summed E-state index contributed by atoms with van der Waals surface area (Å²) < 4.78 is 0. The molecule has 0 nitrogen and oxygen atoms in total. The molecule has 0 N–H and O–H groups in total. The molecule has 0 saturated heterocycles. The molecule has 0 rings (SSSR count). The highest BCUT2D eigenvalue weighted by atomic mass is 14.2. The molecule has 0 aliphatic heterocycles. The van der Waals surface area contributed by atoms with Crippen molar-refractivity contribution in [3.05, 3.63) is 0 Å². The van der Waals surface area contributed by atoms with Crippen LogP contribution in [0.25, 0.3) is 0 Å². The van der Waals surface area contributed by atoms with Gasteiger partial charge in [-0.15, -0.1) is 0 Å². The van der Waals surface area contributed by atoms with E-state index in [4.69, 9.17) is 0 Å². The summed E-state index contributed by atoms with van der Waals surface area (Å²) in [6.07, 6.45) is 14.4. The third kappa shape index (κ3) is 9.24. The van der Waals surface area contributed by atoms with Crippen molar-refractivity contribution >= 4 is 0 Å². The van der Waals surface area contributed by atoms with Gasteiger partial charge in [0, 0.05) is 0 Å². The summed E-state index contributed by atoms with van der Waals surface area (Å²) >= 11 is 0. The van der Waals surface area contributed by atoms with E-state index in [9.17, 15) is 0 Å². The van der Waals surface area contributed by atoms with Crippen molar-refractivity contribution < 1.29 is 0 Å². The standard InChI is InChI=1S/C16H34/c1-5-7-9-11-13-16(15(3)4)14-12-10-8-6-2/h15-16H,5-14H2,1-4H3. The van der Waals surface area contributed by atoms with Crippen molar-refractivity contribution in [2.75, 3.05) is 0 Å². The summed E-state index contributed by atoms with van der Waals surface area (Å²) in [6, 6.07) is 0. The van der Waals surface area contributed by atoms with E-state index in [-0.39, 0.29) is 0 Å². The first kappa shape index (κ1) is 16.0. The molecule has 0 radical (unpaired) electrons. The van der Waals surface area contributed by atoms with E-state index in [1.54, 1.807) is 0 Å². The molecule has 0 heterocycles. The maximum atomic E-state index is 2.41. The van der Waals surface area contributed by atoms with Crippen molar-refractivity contribution in [2.45, 2.75) is 91.9 Å². The Balaban J connectivity index is 3.54. The zero-order chi connectivity index (χ0) is 12.2. The molecule has 0 heteroatoms. The van der Waals surface area contributed by atoms with Crippen LogP contribution in [0.15, 0.2) is 0 Å². The van der Waals surface area contributed by atoms with Gasteiger partial charge in [0.25, 0.3) is 0 Å². The number of hydrogen-bond acceptors (Lipinski definition) is 0. The van der Waals surface area contributed by atoms with E-state index in [1.807, 2.05) is 0 Å². The molecule has 0 amide bonds. The quantitative estimate of drug-likeness (QED) is 0.368. The van der Waals surface area contributed by atoms with Gasteiger partial charge in [-0.3, -0.25) is 0 Å². The smallest absolute Gasteiger partial charge is 0.0391 e. The lowest BCUT2D eigenvalue weighted by atomic mass is 9.86. The minimum atomic E-state index is 0.892. The fraction of sp³-hybridized carbons (Fsp3) is 1.00.